The van der Waals surface area contributed by atoms with Crippen LogP contribution in [0.25, 0.3) is 0 Å². The van der Waals surface area contributed by atoms with Crippen molar-refractivity contribution in [1.82, 2.24) is 10.6 Å². The van der Waals surface area contributed by atoms with E-state index in [0.717, 1.165) is 82.5 Å². The number of hydrogen-bond acceptors (Lipinski definition) is 2. The smallest absolute Gasteiger partial charge is 0.309 e. The van der Waals surface area contributed by atoms with Crippen molar-refractivity contribution in [3.8, 4) is 0 Å². The van der Waals surface area contributed by atoms with E-state index in [0.29, 0.717) is 13.1 Å². The topological polar surface area (TPSA) is 58.2 Å². The third-order valence-corrected chi connectivity index (χ3v) is 8.30. The fourth-order valence-electron chi connectivity index (χ4n) is 4.63. The Bertz CT molecular complexity index is 915. The van der Waals surface area contributed by atoms with Crippen molar-refractivity contribution in [3.05, 3.63) is 69.7 Å². The second-order valence-electron chi connectivity index (χ2n) is 9.41. The Kier molecular flexibility index (Phi) is 14.5. The average molecular weight is 573 g/mol. The third-order valence-electron chi connectivity index (χ3n) is 7.56. The Balaban J connectivity index is 0.00000684. The largest absolute Gasteiger partial charge is 1.00 e. The van der Waals surface area contributed by atoms with Crippen molar-refractivity contribution in [3.63, 3.8) is 0 Å². The molecule has 0 radical (unpaired) electrons. The quantitative estimate of drug-likeness (QED) is 0.267. The summed E-state index contributed by atoms with van der Waals surface area (Å²) in [4.78, 5) is 24.9. The molecular formula is C28H42Cl3N4O2+. The van der Waals surface area contributed by atoms with Gasteiger partial charge in [0, 0.05) is 21.2 Å². The number of nitrogens with one attached hydrogen (secondary N) is 2. The highest BCUT2D eigenvalue weighted by Gasteiger charge is 2.27. The number of nitrogens with zero attached hydrogens (tertiary/aromatic N) is 2. The second-order valence-corrected chi connectivity index (χ2v) is 10.2. The van der Waals surface area contributed by atoms with Gasteiger partial charge in [0.2, 0.25) is 0 Å². The maximum absolute atomic E-state index is 12.5. The van der Waals surface area contributed by atoms with Crippen LogP contribution < -0.4 is 23.0 Å². The first-order chi connectivity index (χ1) is 17.2. The number of likely N-dealkylation sites (N-methyl/N-ethyl adjacent to an activating group) is 2. The van der Waals surface area contributed by atoms with E-state index in [1.165, 1.54) is 0 Å². The molecule has 2 N–H and O–H groups in total. The van der Waals surface area contributed by atoms with Crippen LogP contribution in [0.15, 0.2) is 48.5 Å². The summed E-state index contributed by atoms with van der Waals surface area (Å²) in [6.07, 6.45) is 0. The molecule has 9 heteroatoms. The number of amides is 2. The van der Waals surface area contributed by atoms with Gasteiger partial charge < -0.3 is 32.0 Å². The van der Waals surface area contributed by atoms with Gasteiger partial charge in [0.15, 0.2) is 0 Å². The van der Waals surface area contributed by atoms with Gasteiger partial charge in [-0.15, -0.1) is 0 Å². The minimum absolute atomic E-state index is 0. The van der Waals surface area contributed by atoms with Crippen molar-refractivity contribution in [2.45, 2.75) is 40.8 Å². The van der Waals surface area contributed by atoms with E-state index in [4.69, 9.17) is 23.2 Å². The second kappa shape index (κ2) is 16.2. The van der Waals surface area contributed by atoms with E-state index >= 15 is 0 Å². The molecule has 0 bridgehead atoms. The third kappa shape index (κ3) is 9.77. The zero-order valence-electron chi connectivity index (χ0n) is 22.5. The first kappa shape index (κ1) is 33.2. The fraction of sp³-hybridized carbons (Fsp3) is 0.500. The predicted molar refractivity (Wildman–Crippen MR) is 149 cm³/mol. The molecule has 0 aliphatic heterocycles. The molecule has 206 valence electrons. The van der Waals surface area contributed by atoms with Crippen molar-refractivity contribution >= 4 is 35.0 Å². The van der Waals surface area contributed by atoms with E-state index < -0.39 is 11.8 Å². The SMILES string of the molecule is CC[N+](CC)(CCNC(=O)C(=O)NCC[N+](CC)(CC)Cc1ccccc1Cl)Cc1ccccc1Cl.[Cl-]. The first-order valence-electron chi connectivity index (χ1n) is 13.0. The number of quaternary nitrogens is 2. The van der Waals surface area contributed by atoms with Gasteiger partial charge in [-0.2, -0.15) is 0 Å². The maximum Gasteiger partial charge on any atom is 0.309 e. The van der Waals surface area contributed by atoms with E-state index in [1.807, 2.05) is 48.5 Å². The number of carbonyl (C=O) groups excluding carboxylic acids is 2. The molecule has 0 fully saturated rings. The molecule has 2 aromatic rings. The summed E-state index contributed by atoms with van der Waals surface area (Å²) in [5.41, 5.74) is 2.19. The Morgan fingerprint density at radius 2 is 0.973 bits per heavy atom. The zero-order chi connectivity index (χ0) is 26.6. The van der Waals surface area contributed by atoms with Crippen molar-refractivity contribution in [2.75, 3.05) is 52.4 Å². The molecular weight excluding hydrogens is 531 g/mol. The van der Waals surface area contributed by atoms with Crippen LogP contribution in [-0.4, -0.2) is 73.1 Å². The van der Waals surface area contributed by atoms with Gasteiger partial charge in [0.1, 0.15) is 13.1 Å². The van der Waals surface area contributed by atoms with Crippen molar-refractivity contribution in [1.29, 1.82) is 0 Å². The Morgan fingerprint density at radius 1 is 0.649 bits per heavy atom. The molecule has 0 heterocycles. The lowest BCUT2D eigenvalue weighted by atomic mass is 10.1. The van der Waals surface area contributed by atoms with E-state index in [2.05, 4.69) is 38.3 Å². The minimum Gasteiger partial charge on any atom is -1.00 e. The van der Waals surface area contributed by atoms with E-state index in [-0.39, 0.29) is 12.4 Å². The number of carbonyl (C=O) groups is 2. The molecule has 2 rings (SSSR count). The van der Waals surface area contributed by atoms with E-state index in [1.54, 1.807) is 0 Å². The van der Waals surface area contributed by atoms with Crippen LogP contribution in [0.5, 0.6) is 0 Å². The number of hydrogen-bond donors (Lipinski definition) is 2. The van der Waals surface area contributed by atoms with Gasteiger partial charge in [-0.05, 0) is 39.8 Å². The van der Waals surface area contributed by atoms with Crippen LogP contribution in [0.3, 0.4) is 0 Å². The lowest BCUT2D eigenvalue weighted by molar-refractivity contribution is -0.936. The van der Waals surface area contributed by atoms with Crippen LogP contribution in [-0.2, 0) is 22.7 Å². The van der Waals surface area contributed by atoms with Gasteiger partial charge in [0.25, 0.3) is 0 Å². The molecule has 2 aromatic carbocycles. The maximum atomic E-state index is 12.5. The zero-order valence-corrected chi connectivity index (χ0v) is 24.8. The molecule has 0 aliphatic carbocycles. The monoisotopic (exact) mass is 571 g/mol. The van der Waals surface area contributed by atoms with Gasteiger partial charge >= 0.3 is 11.8 Å². The van der Waals surface area contributed by atoms with Crippen LogP contribution in [0.4, 0.5) is 0 Å². The van der Waals surface area contributed by atoms with Crippen LogP contribution in [0.2, 0.25) is 10.0 Å². The highest BCUT2D eigenvalue weighted by Crippen LogP contribution is 2.22. The van der Waals surface area contributed by atoms with Gasteiger partial charge in [-0.3, -0.25) is 9.59 Å². The predicted octanol–water partition coefficient (Wildman–Crippen LogP) is 1.64. The first-order valence-corrected chi connectivity index (χ1v) is 13.7. The van der Waals surface area contributed by atoms with E-state index in [9.17, 15) is 9.59 Å². The lowest BCUT2D eigenvalue weighted by Gasteiger charge is -2.37. The molecule has 0 spiro atoms. The minimum atomic E-state index is -0.588. The van der Waals surface area contributed by atoms with Crippen LogP contribution >= 0.6 is 23.2 Å². The summed E-state index contributed by atoms with van der Waals surface area (Å²) in [5.74, 6) is -1.18. The van der Waals surface area contributed by atoms with Crippen molar-refractivity contribution < 1.29 is 31.0 Å². The molecule has 0 unspecified atom stereocenters. The number of benzene rings is 2. The Morgan fingerprint density at radius 3 is 1.27 bits per heavy atom. The molecule has 0 aliphatic rings. The van der Waals surface area contributed by atoms with Gasteiger partial charge in [-0.1, -0.05) is 59.6 Å². The summed E-state index contributed by atoms with van der Waals surface area (Å²) < 4.78 is 1.56. The highest BCUT2D eigenvalue weighted by atomic mass is 35.5. The molecule has 37 heavy (non-hydrogen) atoms. The number of halogens is 3. The molecule has 2 amide bonds. The summed E-state index contributed by atoms with van der Waals surface area (Å²) in [7, 11) is 0. The van der Waals surface area contributed by atoms with Gasteiger partial charge in [0.05, 0.1) is 52.4 Å². The number of rotatable bonds is 14. The molecule has 0 atom stereocenters. The fourth-order valence-corrected chi connectivity index (χ4v) is 5.03. The molecule has 0 saturated heterocycles. The van der Waals surface area contributed by atoms with Crippen LogP contribution in [0, 0.1) is 0 Å². The Hall–Kier alpha value is -1.83. The summed E-state index contributed by atoms with van der Waals surface area (Å²) >= 11 is 12.8. The average Bonchev–Trinajstić information content (AvgIpc) is 2.89. The van der Waals surface area contributed by atoms with Crippen LogP contribution in [0.1, 0.15) is 38.8 Å². The summed E-state index contributed by atoms with van der Waals surface area (Å²) in [5, 5.41) is 7.13. The lowest BCUT2D eigenvalue weighted by Crippen LogP contribution is -3.00. The Labute approximate surface area is 238 Å². The molecule has 0 saturated carbocycles. The standard InChI is InChI=1S/C28H40Cl2N4O2.ClH/c1-5-33(6-2,21-23-13-9-11-15-25(23)29)19-17-31-27(35)28(36)32-18-20-34(7-3,8-4)22-24-14-10-12-16-26(24)30;/h9-16H,5-8,17-22H2,1-4H3;1H/p+1. The summed E-state index contributed by atoms with van der Waals surface area (Å²) in [6.45, 7) is 16.1. The molecule has 0 aromatic heterocycles. The summed E-state index contributed by atoms with van der Waals surface area (Å²) in [6, 6.07) is 15.7. The molecule has 6 nitrogen and oxygen atoms in total. The van der Waals surface area contributed by atoms with Gasteiger partial charge in [-0.25, -0.2) is 0 Å². The highest BCUT2D eigenvalue weighted by molar-refractivity contribution is 6.35. The normalized spacial score (nSPS) is 11.5. The van der Waals surface area contributed by atoms with Crippen molar-refractivity contribution in [2.24, 2.45) is 0 Å².